The number of anilines is 1. The molecule has 3 heteroatoms. The molecule has 124 valence electrons. The van der Waals surface area contributed by atoms with E-state index in [9.17, 15) is 4.79 Å². The van der Waals surface area contributed by atoms with Gasteiger partial charge in [-0.25, -0.2) is 0 Å². The van der Waals surface area contributed by atoms with Gasteiger partial charge in [-0.05, 0) is 43.7 Å². The number of piperazine rings is 1. The van der Waals surface area contributed by atoms with Crippen molar-refractivity contribution in [2.45, 2.75) is 25.3 Å². The van der Waals surface area contributed by atoms with E-state index in [0.29, 0.717) is 6.04 Å². The highest BCUT2D eigenvalue weighted by Crippen LogP contribution is 2.25. The fourth-order valence-electron chi connectivity index (χ4n) is 3.97. The molecule has 0 aliphatic carbocycles. The fraction of sp³-hybridized carbons (Fsp3) is 0.381. The molecule has 0 bridgehead atoms. The summed E-state index contributed by atoms with van der Waals surface area (Å²) in [6.07, 6.45) is 4.04. The highest BCUT2D eigenvalue weighted by Gasteiger charge is 2.28. The SMILES string of the molecule is O=C(c1ccccc1)c1ccc(N2CCN3CCCCC3C2)cc1. The molecule has 4 rings (SSSR count). The van der Waals surface area contributed by atoms with Crippen LogP contribution in [-0.2, 0) is 0 Å². The van der Waals surface area contributed by atoms with Gasteiger partial charge in [-0.1, -0.05) is 36.8 Å². The standard InChI is InChI=1S/C21H24N2O/c24-21(17-6-2-1-3-7-17)18-9-11-19(12-10-18)23-15-14-22-13-5-4-8-20(22)16-23/h1-3,6-7,9-12,20H,4-5,8,13-16H2. The topological polar surface area (TPSA) is 23.6 Å². The Kier molecular flexibility index (Phi) is 4.35. The minimum Gasteiger partial charge on any atom is -0.369 e. The van der Waals surface area contributed by atoms with Gasteiger partial charge < -0.3 is 4.90 Å². The second-order valence-electron chi connectivity index (χ2n) is 6.87. The van der Waals surface area contributed by atoms with Crippen molar-refractivity contribution in [3.05, 3.63) is 65.7 Å². The molecule has 2 saturated heterocycles. The molecule has 0 radical (unpaired) electrons. The summed E-state index contributed by atoms with van der Waals surface area (Å²) in [5.74, 6) is 0.0965. The molecule has 0 amide bonds. The van der Waals surface area contributed by atoms with E-state index >= 15 is 0 Å². The highest BCUT2D eigenvalue weighted by molar-refractivity contribution is 6.09. The zero-order valence-electron chi connectivity index (χ0n) is 14.0. The number of piperidine rings is 1. The molecular formula is C21H24N2O. The Bertz CT molecular complexity index is 696. The van der Waals surface area contributed by atoms with Gasteiger partial charge in [0.15, 0.2) is 5.78 Å². The number of carbonyl (C=O) groups is 1. The normalized spacial score (nSPS) is 21.3. The van der Waals surface area contributed by atoms with Crippen LogP contribution >= 0.6 is 0 Å². The molecular weight excluding hydrogens is 296 g/mol. The molecule has 2 aliphatic heterocycles. The summed E-state index contributed by atoms with van der Waals surface area (Å²) < 4.78 is 0. The predicted molar refractivity (Wildman–Crippen MR) is 97.7 cm³/mol. The Morgan fingerprint density at radius 1 is 0.833 bits per heavy atom. The van der Waals surface area contributed by atoms with Gasteiger partial charge in [0.1, 0.15) is 0 Å². The van der Waals surface area contributed by atoms with Crippen molar-refractivity contribution in [3.63, 3.8) is 0 Å². The first-order valence-electron chi connectivity index (χ1n) is 9.00. The van der Waals surface area contributed by atoms with Gasteiger partial charge in [0.25, 0.3) is 0 Å². The molecule has 2 fully saturated rings. The maximum Gasteiger partial charge on any atom is 0.193 e. The van der Waals surface area contributed by atoms with Crippen LogP contribution in [-0.4, -0.2) is 42.9 Å². The van der Waals surface area contributed by atoms with Crippen LogP contribution in [0.5, 0.6) is 0 Å². The van der Waals surface area contributed by atoms with Crippen molar-refractivity contribution in [1.29, 1.82) is 0 Å². The first kappa shape index (κ1) is 15.4. The maximum absolute atomic E-state index is 12.5. The molecule has 1 atom stereocenters. The molecule has 24 heavy (non-hydrogen) atoms. The molecule has 0 N–H and O–H groups in total. The van der Waals surface area contributed by atoms with Gasteiger partial charge in [-0.15, -0.1) is 0 Å². The number of hydrogen-bond donors (Lipinski definition) is 0. The van der Waals surface area contributed by atoms with Crippen molar-refractivity contribution >= 4 is 11.5 Å². The Hall–Kier alpha value is -2.13. The maximum atomic E-state index is 12.5. The number of hydrogen-bond acceptors (Lipinski definition) is 3. The zero-order chi connectivity index (χ0) is 16.4. The van der Waals surface area contributed by atoms with Gasteiger partial charge in [-0.3, -0.25) is 9.69 Å². The number of carbonyl (C=O) groups excluding carboxylic acids is 1. The van der Waals surface area contributed by atoms with Crippen LogP contribution in [0, 0.1) is 0 Å². The average Bonchev–Trinajstić information content (AvgIpc) is 2.68. The van der Waals surface area contributed by atoms with Crippen LogP contribution in [0.15, 0.2) is 54.6 Å². The molecule has 2 aliphatic rings. The van der Waals surface area contributed by atoms with Crippen molar-refractivity contribution in [1.82, 2.24) is 4.90 Å². The number of ketones is 1. The van der Waals surface area contributed by atoms with Gasteiger partial charge in [0.2, 0.25) is 0 Å². The Morgan fingerprint density at radius 2 is 1.58 bits per heavy atom. The number of benzene rings is 2. The van der Waals surface area contributed by atoms with E-state index < -0.39 is 0 Å². The largest absolute Gasteiger partial charge is 0.369 e. The van der Waals surface area contributed by atoms with Crippen molar-refractivity contribution in [2.24, 2.45) is 0 Å². The summed E-state index contributed by atoms with van der Waals surface area (Å²) in [6.45, 7) is 4.63. The minimum atomic E-state index is 0.0965. The molecule has 3 nitrogen and oxygen atoms in total. The highest BCUT2D eigenvalue weighted by atomic mass is 16.1. The van der Waals surface area contributed by atoms with Crippen LogP contribution in [0.2, 0.25) is 0 Å². The van der Waals surface area contributed by atoms with Crippen LogP contribution < -0.4 is 4.90 Å². The first-order valence-corrected chi connectivity index (χ1v) is 9.00. The molecule has 1 unspecified atom stereocenters. The summed E-state index contributed by atoms with van der Waals surface area (Å²) >= 11 is 0. The quantitative estimate of drug-likeness (QED) is 0.808. The van der Waals surface area contributed by atoms with E-state index in [4.69, 9.17) is 0 Å². The summed E-state index contributed by atoms with van der Waals surface area (Å²) in [6, 6.07) is 18.4. The van der Waals surface area contributed by atoms with Crippen LogP contribution in [0.25, 0.3) is 0 Å². The van der Waals surface area contributed by atoms with E-state index in [1.54, 1.807) is 0 Å². The van der Waals surface area contributed by atoms with Gasteiger partial charge in [0.05, 0.1) is 0 Å². The molecule has 2 aromatic carbocycles. The average molecular weight is 320 g/mol. The van der Waals surface area contributed by atoms with Gasteiger partial charge >= 0.3 is 0 Å². The Morgan fingerprint density at radius 3 is 2.38 bits per heavy atom. The van der Waals surface area contributed by atoms with E-state index in [1.807, 2.05) is 42.5 Å². The molecule has 0 spiro atoms. The lowest BCUT2D eigenvalue weighted by Gasteiger charge is -2.45. The molecule has 0 aromatic heterocycles. The monoisotopic (exact) mass is 320 g/mol. The van der Waals surface area contributed by atoms with Crippen LogP contribution in [0.4, 0.5) is 5.69 Å². The Balaban J connectivity index is 1.47. The lowest BCUT2D eigenvalue weighted by molar-refractivity contribution is 0.103. The molecule has 2 aromatic rings. The summed E-state index contributed by atoms with van der Waals surface area (Å²) in [5.41, 5.74) is 2.76. The molecule has 0 saturated carbocycles. The van der Waals surface area contributed by atoms with Crippen molar-refractivity contribution in [2.75, 3.05) is 31.1 Å². The van der Waals surface area contributed by atoms with Gasteiger partial charge in [-0.2, -0.15) is 0 Å². The third kappa shape index (κ3) is 3.09. The minimum absolute atomic E-state index is 0.0965. The summed E-state index contributed by atoms with van der Waals surface area (Å²) in [5, 5.41) is 0. The lowest BCUT2D eigenvalue weighted by Crippen LogP contribution is -2.54. The summed E-state index contributed by atoms with van der Waals surface area (Å²) in [4.78, 5) is 17.6. The smallest absolute Gasteiger partial charge is 0.193 e. The lowest BCUT2D eigenvalue weighted by atomic mass is 9.98. The molecule has 2 heterocycles. The van der Waals surface area contributed by atoms with Gasteiger partial charge in [0, 0.05) is 42.5 Å². The van der Waals surface area contributed by atoms with E-state index in [0.717, 1.165) is 30.8 Å². The third-order valence-corrected chi connectivity index (χ3v) is 5.37. The second kappa shape index (κ2) is 6.78. The number of rotatable bonds is 3. The van der Waals surface area contributed by atoms with E-state index in [-0.39, 0.29) is 5.78 Å². The van der Waals surface area contributed by atoms with E-state index in [2.05, 4.69) is 21.9 Å². The number of fused-ring (bicyclic) bond motifs is 1. The second-order valence-corrected chi connectivity index (χ2v) is 6.87. The Labute approximate surface area is 143 Å². The summed E-state index contributed by atoms with van der Waals surface area (Å²) in [7, 11) is 0. The fourth-order valence-corrected chi connectivity index (χ4v) is 3.97. The van der Waals surface area contributed by atoms with Crippen molar-refractivity contribution in [3.8, 4) is 0 Å². The zero-order valence-corrected chi connectivity index (χ0v) is 14.0. The van der Waals surface area contributed by atoms with Crippen molar-refractivity contribution < 1.29 is 4.79 Å². The predicted octanol–water partition coefficient (Wildman–Crippen LogP) is 3.59. The number of nitrogens with zero attached hydrogens (tertiary/aromatic N) is 2. The van der Waals surface area contributed by atoms with Crippen LogP contribution in [0.1, 0.15) is 35.2 Å². The third-order valence-electron chi connectivity index (χ3n) is 5.37. The van der Waals surface area contributed by atoms with E-state index in [1.165, 1.54) is 31.5 Å². The van der Waals surface area contributed by atoms with Crippen LogP contribution in [0.3, 0.4) is 0 Å². The first-order chi connectivity index (χ1) is 11.8.